The molecule has 4 nitrogen and oxygen atoms in total. The number of nitrogens with zero attached hydrogens (tertiary/aromatic N) is 1. The lowest BCUT2D eigenvalue weighted by atomic mass is 9.81. The average Bonchev–Trinajstić information content (AvgIpc) is 2.72. The van der Waals surface area contributed by atoms with Crippen molar-refractivity contribution < 1.29 is 9.59 Å². The molecule has 21 heavy (non-hydrogen) atoms. The van der Waals surface area contributed by atoms with Crippen LogP contribution < -0.4 is 5.73 Å². The van der Waals surface area contributed by atoms with Gasteiger partial charge in [-0.2, -0.15) is 0 Å². The van der Waals surface area contributed by atoms with E-state index in [9.17, 15) is 9.59 Å². The third-order valence-corrected chi connectivity index (χ3v) is 4.66. The number of amides is 2. The highest BCUT2D eigenvalue weighted by atomic mass is 32.1. The van der Waals surface area contributed by atoms with Gasteiger partial charge in [-0.3, -0.25) is 14.5 Å². The van der Waals surface area contributed by atoms with E-state index in [2.05, 4.69) is 0 Å². The summed E-state index contributed by atoms with van der Waals surface area (Å²) in [4.78, 5) is 26.4. The Morgan fingerprint density at radius 1 is 1.24 bits per heavy atom. The number of carbonyl (C=O) groups excluding carboxylic acids is 2. The Kier molecular flexibility index (Phi) is 4.42. The van der Waals surface area contributed by atoms with Crippen molar-refractivity contribution in [3.63, 3.8) is 0 Å². The Morgan fingerprint density at radius 3 is 2.24 bits per heavy atom. The van der Waals surface area contributed by atoms with Crippen LogP contribution in [0.1, 0.15) is 44.2 Å². The van der Waals surface area contributed by atoms with E-state index < -0.39 is 5.41 Å². The number of benzene rings is 1. The Balaban J connectivity index is 2.18. The van der Waals surface area contributed by atoms with Crippen LogP contribution in [0.4, 0.5) is 0 Å². The maximum Gasteiger partial charge on any atom is 0.236 e. The van der Waals surface area contributed by atoms with Gasteiger partial charge in [0.15, 0.2) is 0 Å². The van der Waals surface area contributed by atoms with Gasteiger partial charge >= 0.3 is 0 Å². The Labute approximate surface area is 130 Å². The van der Waals surface area contributed by atoms with E-state index in [0.717, 1.165) is 11.1 Å². The Hall–Kier alpha value is -1.75. The second-order valence-corrected chi connectivity index (χ2v) is 5.95. The van der Waals surface area contributed by atoms with E-state index in [0.29, 0.717) is 30.8 Å². The first-order valence-electron chi connectivity index (χ1n) is 7.17. The molecule has 0 atom stereocenters. The van der Waals surface area contributed by atoms with Crippen molar-refractivity contribution in [1.82, 2.24) is 4.90 Å². The van der Waals surface area contributed by atoms with Crippen LogP contribution in [0.25, 0.3) is 0 Å². The first-order chi connectivity index (χ1) is 9.93. The Morgan fingerprint density at radius 2 is 1.81 bits per heavy atom. The minimum absolute atomic E-state index is 0.0454. The molecule has 0 radical (unpaired) electrons. The van der Waals surface area contributed by atoms with Crippen molar-refractivity contribution in [1.29, 1.82) is 0 Å². The van der Waals surface area contributed by atoms with Crippen LogP contribution in [0.3, 0.4) is 0 Å². The van der Waals surface area contributed by atoms with E-state index in [-0.39, 0.29) is 11.8 Å². The maximum atomic E-state index is 12.5. The maximum absolute atomic E-state index is 12.5. The zero-order valence-corrected chi connectivity index (χ0v) is 13.2. The fourth-order valence-corrected chi connectivity index (χ4v) is 2.92. The molecule has 1 heterocycles. The lowest BCUT2D eigenvalue weighted by Gasteiger charge is -2.23. The number of rotatable bonds is 5. The van der Waals surface area contributed by atoms with Crippen molar-refractivity contribution >= 4 is 29.0 Å². The quantitative estimate of drug-likeness (QED) is 0.670. The van der Waals surface area contributed by atoms with Gasteiger partial charge in [-0.05, 0) is 18.4 Å². The predicted octanol–water partition coefficient (Wildman–Crippen LogP) is 2.39. The summed E-state index contributed by atoms with van der Waals surface area (Å²) in [6.45, 7) is 4.25. The number of carbonyl (C=O) groups is 2. The minimum atomic E-state index is -0.504. The van der Waals surface area contributed by atoms with Crippen LogP contribution in [0.2, 0.25) is 0 Å². The second-order valence-electron chi connectivity index (χ2n) is 5.51. The number of nitrogens with two attached hydrogens (primary N) is 1. The Bertz CT molecular complexity index is 576. The van der Waals surface area contributed by atoms with Crippen molar-refractivity contribution in [3.05, 3.63) is 35.4 Å². The fourth-order valence-electron chi connectivity index (χ4n) is 2.78. The summed E-state index contributed by atoms with van der Waals surface area (Å²) in [6, 6.07) is 7.34. The highest BCUT2D eigenvalue weighted by Gasteiger charge is 2.48. The van der Waals surface area contributed by atoms with Gasteiger partial charge in [-0.25, -0.2) is 0 Å². The molecule has 1 aliphatic rings. The monoisotopic (exact) mass is 304 g/mol. The summed E-state index contributed by atoms with van der Waals surface area (Å²) in [5.41, 5.74) is 6.74. The summed E-state index contributed by atoms with van der Waals surface area (Å²) in [5, 5.41) is 0. The van der Waals surface area contributed by atoms with Gasteiger partial charge in [-0.15, -0.1) is 0 Å². The SMILES string of the molecule is CCC1(CC)CC(=O)N(Cc2ccc(C(N)=S)cc2)C1=O. The second kappa shape index (κ2) is 5.93. The average molecular weight is 304 g/mol. The third-order valence-electron chi connectivity index (χ3n) is 4.42. The first kappa shape index (κ1) is 15.6. The molecule has 1 fully saturated rings. The molecule has 112 valence electrons. The third kappa shape index (κ3) is 2.83. The van der Waals surface area contributed by atoms with E-state index in [1.54, 1.807) is 0 Å². The molecule has 0 aliphatic carbocycles. The molecule has 0 spiro atoms. The molecule has 1 aliphatic heterocycles. The molecule has 2 amide bonds. The molecule has 2 N–H and O–H groups in total. The van der Waals surface area contributed by atoms with Crippen LogP contribution in [0.5, 0.6) is 0 Å². The highest BCUT2D eigenvalue weighted by Crippen LogP contribution is 2.39. The smallest absolute Gasteiger partial charge is 0.236 e. The lowest BCUT2D eigenvalue weighted by molar-refractivity contribution is -0.142. The molecule has 0 aromatic heterocycles. The van der Waals surface area contributed by atoms with Crippen molar-refractivity contribution in [2.24, 2.45) is 11.1 Å². The van der Waals surface area contributed by atoms with Gasteiger partial charge in [0.05, 0.1) is 12.0 Å². The molecular formula is C16H20N2O2S. The summed E-state index contributed by atoms with van der Waals surface area (Å²) in [5.74, 6) is -0.127. The number of imide groups is 1. The number of thiocarbonyl (C=S) groups is 1. The van der Waals surface area contributed by atoms with Gasteiger partial charge in [-0.1, -0.05) is 50.3 Å². The van der Waals surface area contributed by atoms with Crippen LogP contribution in [-0.4, -0.2) is 21.7 Å². The topological polar surface area (TPSA) is 63.4 Å². The van der Waals surface area contributed by atoms with E-state index >= 15 is 0 Å². The van der Waals surface area contributed by atoms with E-state index in [4.69, 9.17) is 18.0 Å². The molecule has 1 saturated heterocycles. The standard InChI is InChI=1S/C16H20N2O2S/c1-3-16(4-2)9-13(19)18(15(16)20)10-11-5-7-12(8-6-11)14(17)21/h5-8H,3-4,9-10H2,1-2H3,(H2,17,21). The molecule has 0 bridgehead atoms. The summed E-state index contributed by atoms with van der Waals surface area (Å²) >= 11 is 4.91. The number of hydrogen-bond acceptors (Lipinski definition) is 3. The van der Waals surface area contributed by atoms with Gasteiger partial charge in [0.1, 0.15) is 4.99 Å². The van der Waals surface area contributed by atoms with Crippen molar-refractivity contribution in [2.45, 2.75) is 39.7 Å². The normalized spacial score (nSPS) is 17.3. The fraction of sp³-hybridized carbons (Fsp3) is 0.438. The van der Waals surface area contributed by atoms with Crippen LogP contribution in [0, 0.1) is 5.41 Å². The van der Waals surface area contributed by atoms with Crippen LogP contribution in [-0.2, 0) is 16.1 Å². The van der Waals surface area contributed by atoms with Crippen molar-refractivity contribution in [3.8, 4) is 0 Å². The summed E-state index contributed by atoms with van der Waals surface area (Å²) < 4.78 is 0. The van der Waals surface area contributed by atoms with Gasteiger partial charge < -0.3 is 5.73 Å². The minimum Gasteiger partial charge on any atom is -0.389 e. The zero-order valence-electron chi connectivity index (χ0n) is 12.4. The van der Waals surface area contributed by atoms with Gasteiger partial charge in [0.2, 0.25) is 11.8 Å². The zero-order chi connectivity index (χ0) is 15.6. The molecule has 1 aromatic rings. The van der Waals surface area contributed by atoms with Gasteiger partial charge in [0, 0.05) is 12.0 Å². The van der Waals surface area contributed by atoms with Gasteiger partial charge in [0.25, 0.3) is 0 Å². The number of hydrogen-bond donors (Lipinski definition) is 1. The summed E-state index contributed by atoms with van der Waals surface area (Å²) in [6.07, 6.45) is 1.72. The summed E-state index contributed by atoms with van der Waals surface area (Å²) in [7, 11) is 0. The first-order valence-corrected chi connectivity index (χ1v) is 7.58. The highest BCUT2D eigenvalue weighted by molar-refractivity contribution is 7.80. The van der Waals surface area contributed by atoms with Crippen molar-refractivity contribution in [2.75, 3.05) is 0 Å². The largest absolute Gasteiger partial charge is 0.389 e. The lowest BCUT2D eigenvalue weighted by Crippen LogP contribution is -2.34. The molecule has 1 aromatic carbocycles. The molecule has 5 heteroatoms. The van der Waals surface area contributed by atoms with Crippen LogP contribution in [0.15, 0.2) is 24.3 Å². The van der Waals surface area contributed by atoms with E-state index in [1.165, 1.54) is 4.90 Å². The van der Waals surface area contributed by atoms with E-state index in [1.807, 2.05) is 38.1 Å². The molecule has 2 rings (SSSR count). The molecule has 0 unspecified atom stereocenters. The van der Waals surface area contributed by atoms with Crippen LogP contribution >= 0.6 is 12.2 Å². The molecular weight excluding hydrogens is 284 g/mol. The molecule has 0 saturated carbocycles. The number of likely N-dealkylation sites (tertiary alicyclic amines) is 1. The predicted molar refractivity (Wildman–Crippen MR) is 85.5 cm³/mol.